The predicted octanol–water partition coefficient (Wildman–Crippen LogP) is 1.89. The number of rotatable bonds is 6. The number of sulfonamides is 1. The molecule has 2 rings (SSSR count). The van der Waals surface area contributed by atoms with Crippen molar-refractivity contribution in [1.82, 2.24) is 4.31 Å². The van der Waals surface area contributed by atoms with E-state index in [1.165, 1.54) is 4.31 Å². The third kappa shape index (κ3) is 4.54. The maximum atomic E-state index is 12.5. The van der Waals surface area contributed by atoms with Crippen LogP contribution in [-0.4, -0.2) is 42.1 Å². The molecule has 0 amide bonds. The molecule has 0 radical (unpaired) electrons. The van der Waals surface area contributed by atoms with Crippen LogP contribution in [0.3, 0.4) is 0 Å². The molecule has 1 aliphatic heterocycles. The Labute approximate surface area is 125 Å². The van der Waals surface area contributed by atoms with Gasteiger partial charge in [0.25, 0.3) is 0 Å². The van der Waals surface area contributed by atoms with Crippen LogP contribution in [0.5, 0.6) is 0 Å². The molecule has 1 N–H and O–H groups in total. The SMILES string of the molecule is O=C(O)CC1CCCCN1S(=O)(=O)CCc1ccccc1. The van der Waals surface area contributed by atoms with Gasteiger partial charge in [0.1, 0.15) is 0 Å². The summed E-state index contributed by atoms with van der Waals surface area (Å²) in [5.74, 6) is -0.905. The van der Waals surface area contributed by atoms with Gasteiger partial charge in [-0.05, 0) is 24.8 Å². The molecule has 1 saturated heterocycles. The highest BCUT2D eigenvalue weighted by molar-refractivity contribution is 7.89. The summed E-state index contributed by atoms with van der Waals surface area (Å²) in [4.78, 5) is 10.9. The Kier molecular flexibility index (Phi) is 5.36. The van der Waals surface area contributed by atoms with Gasteiger partial charge in [-0.2, -0.15) is 4.31 Å². The second kappa shape index (κ2) is 7.04. The first-order valence-corrected chi connectivity index (χ1v) is 8.85. The summed E-state index contributed by atoms with van der Waals surface area (Å²) in [6.07, 6.45) is 2.68. The van der Waals surface area contributed by atoms with Gasteiger partial charge in [-0.25, -0.2) is 8.42 Å². The number of piperidine rings is 1. The van der Waals surface area contributed by atoms with E-state index in [9.17, 15) is 13.2 Å². The van der Waals surface area contributed by atoms with Crippen LogP contribution in [0, 0.1) is 0 Å². The van der Waals surface area contributed by atoms with Gasteiger partial charge in [0.05, 0.1) is 12.2 Å². The number of aryl methyl sites for hydroxylation is 1. The Morgan fingerprint density at radius 3 is 2.62 bits per heavy atom. The number of hydrogen-bond acceptors (Lipinski definition) is 3. The summed E-state index contributed by atoms with van der Waals surface area (Å²) < 4.78 is 26.4. The van der Waals surface area contributed by atoms with Crippen LogP contribution in [0.2, 0.25) is 0 Å². The van der Waals surface area contributed by atoms with Crippen LogP contribution in [-0.2, 0) is 21.2 Å². The van der Waals surface area contributed by atoms with E-state index in [4.69, 9.17) is 5.11 Å². The van der Waals surface area contributed by atoms with E-state index in [0.29, 0.717) is 19.4 Å². The number of aliphatic carboxylic acids is 1. The van der Waals surface area contributed by atoms with E-state index in [0.717, 1.165) is 18.4 Å². The minimum atomic E-state index is -3.41. The van der Waals surface area contributed by atoms with Crippen LogP contribution in [0.4, 0.5) is 0 Å². The molecule has 21 heavy (non-hydrogen) atoms. The van der Waals surface area contributed by atoms with Crippen molar-refractivity contribution < 1.29 is 18.3 Å². The number of carboxylic acid groups (broad SMARTS) is 1. The van der Waals surface area contributed by atoms with Gasteiger partial charge in [-0.3, -0.25) is 4.79 Å². The summed E-state index contributed by atoms with van der Waals surface area (Å²) in [5, 5.41) is 8.94. The summed E-state index contributed by atoms with van der Waals surface area (Å²) in [6, 6.07) is 9.08. The first-order valence-electron chi connectivity index (χ1n) is 7.24. The lowest BCUT2D eigenvalue weighted by Crippen LogP contribution is -2.45. The molecule has 1 aliphatic rings. The number of carboxylic acids is 1. The van der Waals surface area contributed by atoms with Gasteiger partial charge >= 0.3 is 5.97 Å². The molecule has 0 spiro atoms. The molecule has 1 fully saturated rings. The van der Waals surface area contributed by atoms with Crippen LogP contribution < -0.4 is 0 Å². The zero-order valence-electron chi connectivity index (χ0n) is 11.9. The minimum Gasteiger partial charge on any atom is -0.481 e. The fraction of sp³-hybridized carbons (Fsp3) is 0.533. The Hall–Kier alpha value is -1.40. The van der Waals surface area contributed by atoms with Crippen molar-refractivity contribution in [2.75, 3.05) is 12.3 Å². The fourth-order valence-corrected chi connectivity index (χ4v) is 4.52. The van der Waals surface area contributed by atoms with Crippen LogP contribution in [0.25, 0.3) is 0 Å². The quantitative estimate of drug-likeness (QED) is 0.870. The zero-order chi connectivity index (χ0) is 15.3. The van der Waals surface area contributed by atoms with Crippen molar-refractivity contribution in [2.24, 2.45) is 0 Å². The molecule has 1 atom stereocenters. The molecule has 0 aliphatic carbocycles. The highest BCUT2D eigenvalue weighted by Crippen LogP contribution is 2.23. The zero-order valence-corrected chi connectivity index (χ0v) is 12.8. The summed E-state index contributed by atoms with van der Waals surface area (Å²) >= 11 is 0. The molecule has 1 aromatic rings. The average molecular weight is 311 g/mol. The molecule has 0 saturated carbocycles. The number of nitrogens with zero attached hydrogens (tertiary/aromatic N) is 1. The molecular formula is C15H21NO4S. The monoisotopic (exact) mass is 311 g/mol. The van der Waals surface area contributed by atoms with Gasteiger partial charge in [0.2, 0.25) is 10.0 Å². The van der Waals surface area contributed by atoms with Crippen molar-refractivity contribution in [1.29, 1.82) is 0 Å². The number of hydrogen-bond donors (Lipinski definition) is 1. The van der Waals surface area contributed by atoms with Crippen molar-refractivity contribution in [3.63, 3.8) is 0 Å². The van der Waals surface area contributed by atoms with Crippen molar-refractivity contribution in [3.8, 4) is 0 Å². The number of carbonyl (C=O) groups is 1. The van der Waals surface area contributed by atoms with Crippen molar-refractivity contribution in [3.05, 3.63) is 35.9 Å². The van der Waals surface area contributed by atoms with Crippen molar-refractivity contribution >= 4 is 16.0 Å². The topological polar surface area (TPSA) is 74.7 Å². The van der Waals surface area contributed by atoms with Crippen molar-refractivity contribution in [2.45, 2.75) is 38.1 Å². The lowest BCUT2D eigenvalue weighted by Gasteiger charge is -2.33. The second-order valence-corrected chi connectivity index (χ2v) is 7.45. The van der Waals surface area contributed by atoms with Gasteiger partial charge in [-0.15, -0.1) is 0 Å². The van der Waals surface area contributed by atoms with Gasteiger partial charge in [0.15, 0.2) is 0 Å². The van der Waals surface area contributed by atoms with Gasteiger partial charge < -0.3 is 5.11 Å². The Morgan fingerprint density at radius 1 is 1.24 bits per heavy atom. The standard InChI is InChI=1S/C15H21NO4S/c17-15(18)12-14-8-4-5-10-16(14)21(19,20)11-9-13-6-2-1-3-7-13/h1-3,6-7,14H,4-5,8-12H2,(H,17,18). The average Bonchev–Trinajstić information content (AvgIpc) is 2.46. The fourth-order valence-electron chi connectivity index (χ4n) is 2.75. The molecule has 116 valence electrons. The van der Waals surface area contributed by atoms with Crippen LogP contribution >= 0.6 is 0 Å². The van der Waals surface area contributed by atoms with E-state index in [1.54, 1.807) is 0 Å². The second-order valence-electron chi connectivity index (χ2n) is 5.41. The third-order valence-electron chi connectivity index (χ3n) is 3.83. The lowest BCUT2D eigenvalue weighted by molar-refractivity contribution is -0.138. The van der Waals surface area contributed by atoms with Gasteiger partial charge in [0, 0.05) is 12.6 Å². The summed E-state index contributed by atoms with van der Waals surface area (Å²) in [6.45, 7) is 0.440. The number of benzene rings is 1. The lowest BCUT2D eigenvalue weighted by atomic mass is 10.0. The predicted molar refractivity (Wildman–Crippen MR) is 80.5 cm³/mol. The van der Waals surface area contributed by atoms with E-state index >= 15 is 0 Å². The van der Waals surface area contributed by atoms with Crippen LogP contribution in [0.15, 0.2) is 30.3 Å². The summed E-state index contributed by atoms with van der Waals surface area (Å²) in [7, 11) is -3.41. The van der Waals surface area contributed by atoms with E-state index < -0.39 is 22.0 Å². The first-order chi connectivity index (χ1) is 9.99. The smallest absolute Gasteiger partial charge is 0.304 e. The molecule has 1 unspecified atom stereocenters. The van der Waals surface area contributed by atoms with Crippen LogP contribution in [0.1, 0.15) is 31.2 Å². The first kappa shape index (κ1) is 16.0. The largest absolute Gasteiger partial charge is 0.481 e. The van der Waals surface area contributed by atoms with E-state index in [1.807, 2.05) is 30.3 Å². The molecule has 0 aromatic heterocycles. The highest BCUT2D eigenvalue weighted by Gasteiger charge is 2.33. The van der Waals surface area contributed by atoms with Gasteiger partial charge in [-0.1, -0.05) is 36.8 Å². The molecule has 0 bridgehead atoms. The van der Waals surface area contributed by atoms with E-state index in [2.05, 4.69) is 0 Å². The minimum absolute atomic E-state index is 0.0349. The Morgan fingerprint density at radius 2 is 1.95 bits per heavy atom. The highest BCUT2D eigenvalue weighted by atomic mass is 32.2. The molecule has 1 heterocycles. The molecule has 1 aromatic carbocycles. The Bertz CT molecular complexity index is 571. The molecule has 5 nitrogen and oxygen atoms in total. The normalized spacial score (nSPS) is 20.3. The maximum Gasteiger partial charge on any atom is 0.304 e. The van der Waals surface area contributed by atoms with E-state index in [-0.39, 0.29) is 12.2 Å². The Balaban J connectivity index is 2.04. The maximum absolute atomic E-state index is 12.5. The molecule has 6 heteroatoms. The summed E-state index contributed by atoms with van der Waals surface area (Å²) in [5.41, 5.74) is 0.980. The molecular weight excluding hydrogens is 290 g/mol. The third-order valence-corrected chi connectivity index (χ3v) is 5.75.